The van der Waals surface area contributed by atoms with Crippen molar-refractivity contribution in [3.05, 3.63) is 72.6 Å². The summed E-state index contributed by atoms with van der Waals surface area (Å²) in [5.74, 6) is 2.73. The van der Waals surface area contributed by atoms with Crippen molar-refractivity contribution < 1.29 is 42.5 Å². The molecule has 2 saturated carbocycles. The second-order valence-electron chi connectivity index (χ2n) is 19.2. The Balaban J connectivity index is 0.783. The molecule has 11 rings (SSSR count). The lowest BCUT2D eigenvalue weighted by Crippen LogP contribution is -2.55. The van der Waals surface area contributed by atoms with E-state index in [0.717, 1.165) is 82.1 Å². The van der Waals surface area contributed by atoms with Crippen LogP contribution in [0.5, 0.6) is 0 Å². The van der Waals surface area contributed by atoms with E-state index in [0.29, 0.717) is 63.9 Å². The second-order valence-corrected chi connectivity index (χ2v) is 19.2. The molecule has 6 aliphatic rings. The number of rotatable bonds is 11. The quantitative estimate of drug-likeness (QED) is 0.107. The average Bonchev–Trinajstić information content (AvgIpc) is 3.77. The number of amides is 4. The van der Waals surface area contributed by atoms with E-state index in [1.54, 1.807) is 0 Å². The molecule has 6 fully saturated rings. The van der Waals surface area contributed by atoms with Crippen molar-refractivity contribution in [2.45, 2.75) is 94.0 Å². The Hall–Kier alpha value is -6.20. The number of alkyl carbamates (subject to hydrolysis) is 2. The van der Waals surface area contributed by atoms with Gasteiger partial charge in [-0.15, -0.1) is 0 Å². The SMILES string of the molecule is COC(=O)N[C@H](C(=O)N1[C@@H]2C[C@@H]2C[C@H]1c1ncc(-c2ccc(-c3cc4cc(-c5cnc([C@@H]6C[C@H]7C[C@@]7(C)N6C(=O)[C@@H](NC(=O)OC)C6CCOCC6)[nH]5)ccc4o3)cc2)[nH]1)C1CCOCC1. The first-order chi connectivity index (χ1) is 32.1. The van der Waals surface area contributed by atoms with Crippen LogP contribution >= 0.6 is 0 Å². The predicted octanol–water partition coefficient (Wildman–Crippen LogP) is 6.90. The number of H-pyrrole nitrogens is 2. The van der Waals surface area contributed by atoms with E-state index in [4.69, 9.17) is 33.3 Å². The Morgan fingerprint density at radius 2 is 1.30 bits per heavy atom. The van der Waals surface area contributed by atoms with Gasteiger partial charge in [0.2, 0.25) is 11.8 Å². The van der Waals surface area contributed by atoms with E-state index in [-0.39, 0.29) is 47.3 Å². The van der Waals surface area contributed by atoms with Crippen LogP contribution in [0, 0.1) is 23.7 Å². The number of aromatic amines is 2. The first-order valence-corrected chi connectivity index (χ1v) is 23.3. The molecule has 4 aliphatic heterocycles. The molecular weight excluding hydrogens is 845 g/mol. The summed E-state index contributed by atoms with van der Waals surface area (Å²) in [6, 6.07) is 14.5. The molecule has 5 aromatic rings. The normalized spacial score (nSPS) is 26.9. The summed E-state index contributed by atoms with van der Waals surface area (Å²) < 4.78 is 27.3. The number of benzene rings is 2. The predicted molar refractivity (Wildman–Crippen MR) is 239 cm³/mol. The summed E-state index contributed by atoms with van der Waals surface area (Å²) in [4.78, 5) is 74.2. The largest absolute Gasteiger partial charge is 0.456 e. The lowest BCUT2D eigenvalue weighted by Gasteiger charge is -2.38. The minimum Gasteiger partial charge on any atom is -0.456 e. The number of furan rings is 1. The highest BCUT2D eigenvalue weighted by Gasteiger charge is 2.65. The topological polar surface area (TPSA) is 206 Å². The highest BCUT2D eigenvalue weighted by Crippen LogP contribution is 2.62. The van der Waals surface area contributed by atoms with Crippen molar-refractivity contribution in [3.8, 4) is 33.8 Å². The van der Waals surface area contributed by atoms with Crippen LogP contribution in [0.2, 0.25) is 0 Å². The molecule has 4 amide bonds. The van der Waals surface area contributed by atoms with E-state index in [1.807, 2.05) is 64.7 Å². The first-order valence-electron chi connectivity index (χ1n) is 23.3. The van der Waals surface area contributed by atoms with Crippen molar-refractivity contribution in [3.63, 3.8) is 0 Å². The fourth-order valence-corrected chi connectivity index (χ4v) is 11.5. The average molecular weight is 901 g/mol. The van der Waals surface area contributed by atoms with Gasteiger partial charge >= 0.3 is 12.2 Å². The van der Waals surface area contributed by atoms with Crippen LogP contribution in [0.15, 0.2) is 65.3 Å². The van der Waals surface area contributed by atoms with E-state index in [1.165, 1.54) is 14.2 Å². The molecule has 4 saturated heterocycles. The van der Waals surface area contributed by atoms with Crippen LogP contribution < -0.4 is 10.6 Å². The molecule has 0 bridgehead atoms. The highest BCUT2D eigenvalue weighted by molar-refractivity contribution is 5.89. The molecule has 17 heteroatoms. The third kappa shape index (κ3) is 7.68. The Labute approximate surface area is 381 Å². The molecule has 17 nitrogen and oxygen atoms in total. The fourth-order valence-electron chi connectivity index (χ4n) is 11.5. The van der Waals surface area contributed by atoms with E-state index in [9.17, 15) is 19.2 Å². The number of hydrogen-bond donors (Lipinski definition) is 4. The van der Waals surface area contributed by atoms with Crippen LogP contribution in [0.1, 0.15) is 82.0 Å². The summed E-state index contributed by atoms with van der Waals surface area (Å²) in [6.45, 7) is 4.36. The Morgan fingerprint density at radius 3 is 1.94 bits per heavy atom. The van der Waals surface area contributed by atoms with Gasteiger partial charge in [-0.05, 0) is 112 Å². The van der Waals surface area contributed by atoms with E-state index in [2.05, 4.69) is 33.6 Å². The molecule has 8 atom stereocenters. The van der Waals surface area contributed by atoms with Crippen molar-refractivity contribution in [1.29, 1.82) is 0 Å². The summed E-state index contributed by atoms with van der Waals surface area (Å²) in [5.41, 5.74) is 4.96. The molecule has 2 aromatic carbocycles. The Kier molecular flexibility index (Phi) is 10.9. The number of aromatic nitrogens is 4. The number of nitrogens with zero attached hydrogens (tertiary/aromatic N) is 4. The van der Waals surface area contributed by atoms with Crippen molar-refractivity contribution in [1.82, 2.24) is 40.4 Å². The number of piperidine rings is 2. The summed E-state index contributed by atoms with van der Waals surface area (Å²) in [5, 5.41) is 6.66. The van der Waals surface area contributed by atoms with Crippen LogP contribution in [0.25, 0.3) is 44.8 Å². The van der Waals surface area contributed by atoms with Crippen LogP contribution in [0.3, 0.4) is 0 Å². The van der Waals surface area contributed by atoms with Gasteiger partial charge < -0.3 is 53.8 Å². The number of hydrogen-bond acceptors (Lipinski definition) is 11. The van der Waals surface area contributed by atoms with Crippen LogP contribution in [-0.2, 0) is 28.5 Å². The number of carbonyl (C=O) groups excluding carboxylic acids is 4. The molecule has 346 valence electrons. The van der Waals surface area contributed by atoms with Gasteiger partial charge in [0.15, 0.2) is 0 Å². The number of nitrogens with one attached hydrogen (secondary N) is 4. The molecule has 4 N–H and O–H groups in total. The molecule has 2 aliphatic carbocycles. The maximum absolute atomic E-state index is 14.5. The van der Waals surface area contributed by atoms with Crippen molar-refractivity contribution >= 4 is 35.0 Å². The Bertz CT molecular complexity index is 2650. The summed E-state index contributed by atoms with van der Waals surface area (Å²) in [7, 11) is 2.63. The standard InChI is InChI=1S/C49H56N8O9/c1-49-23-33(49)22-38(57(49)46(59)42(55-48(61)63-3)29-12-16-65-17-13-29)44-51-25-35(53-44)30-8-9-39-32(18-30)21-40(66-39)27-6-4-26(5-7-27)34-24-50-43(52-34)37-20-31-19-36(31)56(37)45(58)41(54-47(60)62-2)28-10-14-64-15-11-28/h4-9,18,21,24-25,28-29,31,33,36-38,41-42H,10-17,19-20,22-23H2,1-3H3,(H,50,52)(H,51,53)(H,54,60)(H,55,61)/t31-,33+,36-,37+,38+,41+,42+,49-/m1/s1. The number of imidazole rings is 2. The van der Waals surface area contributed by atoms with Gasteiger partial charge in [-0.3, -0.25) is 9.59 Å². The second kappa shape index (κ2) is 16.9. The molecule has 0 radical (unpaired) electrons. The minimum atomic E-state index is -0.709. The summed E-state index contributed by atoms with van der Waals surface area (Å²) in [6.07, 6.45) is 8.70. The van der Waals surface area contributed by atoms with Gasteiger partial charge in [-0.25, -0.2) is 19.6 Å². The number of carbonyl (C=O) groups is 4. The molecule has 7 heterocycles. The number of fused-ring (bicyclic) bond motifs is 3. The lowest BCUT2D eigenvalue weighted by molar-refractivity contribution is -0.140. The van der Waals surface area contributed by atoms with Crippen LogP contribution in [0.4, 0.5) is 9.59 Å². The van der Waals surface area contributed by atoms with Gasteiger partial charge in [0.25, 0.3) is 0 Å². The fraction of sp³-hybridized carbons (Fsp3) is 0.510. The summed E-state index contributed by atoms with van der Waals surface area (Å²) >= 11 is 0. The maximum atomic E-state index is 14.5. The van der Waals surface area contributed by atoms with Gasteiger partial charge in [-0.1, -0.05) is 24.3 Å². The zero-order valence-electron chi connectivity index (χ0n) is 37.4. The third-order valence-corrected chi connectivity index (χ3v) is 15.4. The van der Waals surface area contributed by atoms with E-state index < -0.39 is 24.3 Å². The number of ether oxygens (including phenoxy) is 4. The third-order valence-electron chi connectivity index (χ3n) is 15.4. The van der Waals surface area contributed by atoms with Gasteiger partial charge in [-0.2, -0.15) is 0 Å². The lowest BCUT2D eigenvalue weighted by atomic mass is 9.90. The Morgan fingerprint density at radius 1 is 0.727 bits per heavy atom. The molecule has 0 spiro atoms. The smallest absolute Gasteiger partial charge is 0.407 e. The first kappa shape index (κ1) is 42.4. The monoisotopic (exact) mass is 900 g/mol. The van der Waals surface area contributed by atoms with Crippen molar-refractivity contribution in [2.75, 3.05) is 40.6 Å². The minimum absolute atomic E-state index is 0.0307. The van der Waals surface area contributed by atoms with Gasteiger partial charge in [0.05, 0.1) is 50.1 Å². The zero-order valence-corrected chi connectivity index (χ0v) is 37.4. The molecule has 66 heavy (non-hydrogen) atoms. The highest BCUT2D eigenvalue weighted by atomic mass is 16.5. The zero-order chi connectivity index (χ0) is 45.3. The maximum Gasteiger partial charge on any atom is 0.407 e. The van der Waals surface area contributed by atoms with Crippen molar-refractivity contribution in [2.24, 2.45) is 23.7 Å². The number of likely N-dealkylation sites (tertiary alicyclic amines) is 2. The van der Waals surface area contributed by atoms with E-state index >= 15 is 0 Å². The molecule has 3 aromatic heterocycles. The van der Waals surface area contributed by atoms with Crippen LogP contribution in [-0.4, -0.2) is 118 Å². The molecular formula is C49H56N8O9. The number of methoxy groups -OCH3 is 2. The molecule has 0 unspecified atom stereocenters. The van der Waals surface area contributed by atoms with Gasteiger partial charge in [0, 0.05) is 54.5 Å². The van der Waals surface area contributed by atoms with Gasteiger partial charge in [0.1, 0.15) is 35.1 Å².